The minimum absolute atomic E-state index is 0.0320. The predicted molar refractivity (Wildman–Crippen MR) is 96.6 cm³/mol. The van der Waals surface area contributed by atoms with Crippen LogP contribution in [0, 0.1) is 0 Å². The summed E-state index contributed by atoms with van der Waals surface area (Å²) in [5.74, 6) is -0.468. The van der Waals surface area contributed by atoms with Crippen LogP contribution in [0.25, 0.3) is 4.96 Å². The average Bonchev–Trinajstić information content (AvgIpc) is 2.99. The Morgan fingerprint density at radius 2 is 2.00 bits per heavy atom. The second-order valence-corrected chi connectivity index (χ2v) is 7.46. The summed E-state index contributed by atoms with van der Waals surface area (Å²) < 4.78 is 6.97. The van der Waals surface area contributed by atoms with Crippen LogP contribution < -0.4 is 5.56 Å². The van der Waals surface area contributed by atoms with Crippen LogP contribution in [0.15, 0.2) is 35.1 Å². The number of aromatic nitrogens is 2. The van der Waals surface area contributed by atoms with Crippen molar-refractivity contribution in [1.82, 2.24) is 9.38 Å². The number of aryl methyl sites for hydroxylation is 2. The van der Waals surface area contributed by atoms with E-state index in [-0.39, 0.29) is 12.2 Å². The van der Waals surface area contributed by atoms with Crippen molar-refractivity contribution in [2.45, 2.75) is 32.3 Å². The Balaban J connectivity index is 1.57. The quantitative estimate of drug-likeness (QED) is 0.656. The van der Waals surface area contributed by atoms with E-state index < -0.39 is 5.97 Å². The highest BCUT2D eigenvalue weighted by Crippen LogP contribution is 2.28. The molecule has 4 rings (SSSR count). The Hall–Kier alpha value is -2.18. The molecule has 0 N–H and O–H groups in total. The van der Waals surface area contributed by atoms with E-state index in [1.807, 2.05) is 0 Å². The summed E-state index contributed by atoms with van der Waals surface area (Å²) >= 11 is 7.36. The monoisotopic (exact) mass is 374 g/mol. The lowest BCUT2D eigenvalue weighted by molar-refractivity contribution is 0.0468. The number of ether oxygens (including phenoxy) is 1. The average molecular weight is 375 g/mol. The van der Waals surface area contributed by atoms with Crippen molar-refractivity contribution in [3.63, 3.8) is 0 Å². The largest absolute Gasteiger partial charge is 0.456 e. The number of halogens is 1. The van der Waals surface area contributed by atoms with Gasteiger partial charge < -0.3 is 4.74 Å². The summed E-state index contributed by atoms with van der Waals surface area (Å²) in [6, 6.07) is 7.91. The first-order valence-corrected chi connectivity index (χ1v) is 9.27. The molecule has 2 heterocycles. The maximum atomic E-state index is 12.5. The van der Waals surface area contributed by atoms with E-state index in [1.54, 1.807) is 40.0 Å². The van der Waals surface area contributed by atoms with Gasteiger partial charge in [0.15, 0.2) is 4.96 Å². The number of rotatable bonds is 3. The van der Waals surface area contributed by atoms with Gasteiger partial charge in [-0.25, -0.2) is 9.78 Å². The zero-order valence-corrected chi connectivity index (χ0v) is 14.9. The Labute approximate surface area is 152 Å². The third-order valence-electron chi connectivity index (χ3n) is 4.25. The highest BCUT2D eigenvalue weighted by atomic mass is 35.5. The van der Waals surface area contributed by atoms with Gasteiger partial charge in [0, 0.05) is 21.7 Å². The van der Waals surface area contributed by atoms with E-state index in [0.717, 1.165) is 31.4 Å². The molecular formula is C18H15ClN2O3S. The molecule has 7 heteroatoms. The van der Waals surface area contributed by atoms with Crippen molar-refractivity contribution in [3.8, 4) is 0 Å². The summed E-state index contributed by atoms with van der Waals surface area (Å²) in [5, 5.41) is 0.554. The molecule has 0 atom stereocenters. The highest BCUT2D eigenvalue weighted by molar-refractivity contribution is 7.17. The van der Waals surface area contributed by atoms with Crippen molar-refractivity contribution in [2.75, 3.05) is 0 Å². The molecule has 2 aromatic heterocycles. The Bertz CT molecular complexity index is 1010. The molecule has 5 nitrogen and oxygen atoms in total. The van der Waals surface area contributed by atoms with Gasteiger partial charge in [-0.3, -0.25) is 9.20 Å². The molecule has 128 valence electrons. The number of hydrogen-bond donors (Lipinski definition) is 0. The molecule has 25 heavy (non-hydrogen) atoms. The number of benzene rings is 1. The Morgan fingerprint density at radius 1 is 1.24 bits per heavy atom. The molecule has 0 amide bonds. The summed E-state index contributed by atoms with van der Waals surface area (Å²) in [6.45, 7) is -0.0320. The van der Waals surface area contributed by atoms with Crippen molar-refractivity contribution in [3.05, 3.63) is 67.5 Å². The van der Waals surface area contributed by atoms with Crippen molar-refractivity contribution in [2.24, 2.45) is 0 Å². The summed E-state index contributed by atoms with van der Waals surface area (Å²) in [5.41, 5.74) is 1.86. The SMILES string of the molecule is O=C(OCc1cc(=O)n2c3c(sc2n1)CCCC3)c1ccc(Cl)cc1. The number of carbonyl (C=O) groups excluding carboxylic acids is 1. The molecule has 0 saturated carbocycles. The van der Waals surface area contributed by atoms with Crippen molar-refractivity contribution < 1.29 is 9.53 Å². The molecule has 0 radical (unpaired) electrons. The van der Waals surface area contributed by atoms with Crippen molar-refractivity contribution >= 4 is 33.9 Å². The normalized spacial score (nSPS) is 13.6. The highest BCUT2D eigenvalue weighted by Gasteiger charge is 2.18. The summed E-state index contributed by atoms with van der Waals surface area (Å²) in [4.78, 5) is 30.9. The summed E-state index contributed by atoms with van der Waals surface area (Å²) in [6.07, 6.45) is 4.18. The third-order valence-corrected chi connectivity index (χ3v) is 5.64. The zero-order valence-electron chi connectivity index (χ0n) is 13.3. The number of fused-ring (bicyclic) bond motifs is 3. The second kappa shape index (κ2) is 6.61. The first-order chi connectivity index (χ1) is 12.1. The molecule has 0 fully saturated rings. The number of hydrogen-bond acceptors (Lipinski definition) is 5. The number of nitrogens with zero attached hydrogens (tertiary/aromatic N) is 2. The first kappa shape index (κ1) is 16.3. The Morgan fingerprint density at radius 3 is 2.80 bits per heavy atom. The van der Waals surface area contributed by atoms with Gasteiger partial charge in [-0.2, -0.15) is 0 Å². The lowest BCUT2D eigenvalue weighted by Crippen LogP contribution is -2.18. The van der Waals surface area contributed by atoms with E-state index in [1.165, 1.54) is 10.9 Å². The van der Waals surface area contributed by atoms with E-state index in [4.69, 9.17) is 16.3 Å². The molecule has 1 aliphatic rings. The number of esters is 1. The molecule has 0 aliphatic heterocycles. The van der Waals surface area contributed by atoms with Crippen LogP contribution >= 0.6 is 22.9 Å². The minimum atomic E-state index is -0.468. The summed E-state index contributed by atoms with van der Waals surface area (Å²) in [7, 11) is 0. The molecule has 1 aromatic carbocycles. The van der Waals surface area contributed by atoms with E-state index in [2.05, 4.69) is 4.98 Å². The third kappa shape index (κ3) is 3.19. The molecular weight excluding hydrogens is 360 g/mol. The van der Waals surface area contributed by atoms with Gasteiger partial charge >= 0.3 is 5.97 Å². The molecule has 0 unspecified atom stereocenters. The molecule has 0 spiro atoms. The van der Waals surface area contributed by atoms with E-state index >= 15 is 0 Å². The van der Waals surface area contributed by atoms with Gasteiger partial charge in [0.25, 0.3) is 5.56 Å². The van der Waals surface area contributed by atoms with Crippen LogP contribution in [0.2, 0.25) is 5.02 Å². The fourth-order valence-corrected chi connectivity index (χ4v) is 4.38. The van der Waals surface area contributed by atoms with Gasteiger partial charge in [-0.05, 0) is 49.9 Å². The molecule has 0 saturated heterocycles. The van der Waals surface area contributed by atoms with Gasteiger partial charge in [0.1, 0.15) is 6.61 Å². The molecule has 1 aliphatic carbocycles. The predicted octanol–water partition coefficient (Wildman–Crippen LogP) is 3.65. The van der Waals surface area contributed by atoms with Crippen LogP contribution in [0.5, 0.6) is 0 Å². The minimum Gasteiger partial charge on any atom is -0.456 e. The maximum Gasteiger partial charge on any atom is 0.338 e. The lowest BCUT2D eigenvalue weighted by atomic mass is 10.0. The van der Waals surface area contributed by atoms with Crippen molar-refractivity contribution in [1.29, 1.82) is 0 Å². The topological polar surface area (TPSA) is 60.7 Å². The number of carbonyl (C=O) groups is 1. The fraction of sp³-hybridized carbons (Fsp3) is 0.278. The number of thiazole rings is 1. The van der Waals surface area contributed by atoms with Gasteiger partial charge in [-0.1, -0.05) is 11.6 Å². The van der Waals surface area contributed by atoms with Gasteiger partial charge in [0.05, 0.1) is 11.3 Å². The van der Waals surface area contributed by atoms with Crippen LogP contribution in [0.4, 0.5) is 0 Å². The van der Waals surface area contributed by atoms with Gasteiger partial charge in [-0.15, -0.1) is 11.3 Å². The maximum absolute atomic E-state index is 12.5. The van der Waals surface area contributed by atoms with Crippen LogP contribution in [-0.2, 0) is 24.2 Å². The van der Waals surface area contributed by atoms with E-state index in [0.29, 0.717) is 21.2 Å². The molecule has 3 aromatic rings. The smallest absolute Gasteiger partial charge is 0.338 e. The second-order valence-electron chi connectivity index (χ2n) is 5.97. The standard InChI is InChI=1S/C18H15ClN2O3S/c19-12-7-5-11(6-8-12)17(23)24-10-13-9-16(22)21-14-3-1-2-4-15(14)25-18(21)20-13/h5-9H,1-4,10H2. The molecule has 0 bridgehead atoms. The lowest BCUT2D eigenvalue weighted by Gasteiger charge is -2.10. The zero-order chi connectivity index (χ0) is 17.4. The Kier molecular flexibility index (Phi) is 4.31. The fourth-order valence-electron chi connectivity index (χ4n) is 3.02. The first-order valence-electron chi connectivity index (χ1n) is 8.08. The van der Waals surface area contributed by atoms with Crippen LogP contribution in [-0.4, -0.2) is 15.4 Å². The van der Waals surface area contributed by atoms with Crippen LogP contribution in [0.3, 0.4) is 0 Å². The van der Waals surface area contributed by atoms with Gasteiger partial charge in [0.2, 0.25) is 0 Å². The van der Waals surface area contributed by atoms with E-state index in [9.17, 15) is 9.59 Å². The van der Waals surface area contributed by atoms with Crippen LogP contribution in [0.1, 0.15) is 39.5 Å².